The minimum absolute atomic E-state index is 0. The van der Waals surface area contributed by atoms with Crippen LogP contribution < -0.4 is 21.7 Å². The van der Waals surface area contributed by atoms with Crippen LogP contribution in [0.5, 0.6) is 0 Å². The van der Waals surface area contributed by atoms with E-state index in [1.165, 1.54) is 0 Å². The second-order valence-electron chi connectivity index (χ2n) is 5.81. The predicted octanol–water partition coefficient (Wildman–Crippen LogP) is 1.77. The van der Waals surface area contributed by atoms with Crippen molar-refractivity contribution in [3.05, 3.63) is 24.3 Å². The van der Waals surface area contributed by atoms with Crippen molar-refractivity contribution in [3.63, 3.8) is 0 Å². The standard InChI is InChI=1S/C16H24N4O2.2ClH/c1-11(10-17)16(22)19-13-4-2-3-5-14(13)20-8-6-12(7-9-20)15(18)21;;/h2-5,11-12H,6-10,17H2,1H3,(H2,18,21)(H,19,22);2*1H. The van der Waals surface area contributed by atoms with Gasteiger partial charge in [0.25, 0.3) is 0 Å². The number of benzene rings is 1. The lowest BCUT2D eigenvalue weighted by Crippen LogP contribution is -2.39. The van der Waals surface area contributed by atoms with Crippen LogP contribution in [0.2, 0.25) is 0 Å². The molecule has 1 atom stereocenters. The van der Waals surface area contributed by atoms with Gasteiger partial charge in [0.15, 0.2) is 0 Å². The number of amides is 2. The van der Waals surface area contributed by atoms with Crippen molar-refractivity contribution in [2.24, 2.45) is 23.3 Å². The van der Waals surface area contributed by atoms with E-state index in [0.717, 1.165) is 37.3 Å². The third-order valence-corrected chi connectivity index (χ3v) is 4.20. The number of halogens is 2. The van der Waals surface area contributed by atoms with Gasteiger partial charge in [-0.1, -0.05) is 19.1 Å². The van der Waals surface area contributed by atoms with Crippen molar-refractivity contribution < 1.29 is 9.59 Å². The minimum Gasteiger partial charge on any atom is -0.370 e. The Hall–Kier alpha value is -1.50. The number of piperidine rings is 1. The molecule has 0 aromatic heterocycles. The van der Waals surface area contributed by atoms with E-state index in [0.29, 0.717) is 6.54 Å². The quantitative estimate of drug-likeness (QED) is 0.728. The summed E-state index contributed by atoms with van der Waals surface area (Å²) in [6.07, 6.45) is 1.49. The van der Waals surface area contributed by atoms with Gasteiger partial charge in [0, 0.05) is 31.5 Å². The number of hydrogen-bond acceptors (Lipinski definition) is 4. The molecule has 1 unspecified atom stereocenters. The lowest BCUT2D eigenvalue weighted by molar-refractivity contribution is -0.122. The Morgan fingerprint density at radius 2 is 1.83 bits per heavy atom. The minimum atomic E-state index is -0.228. The molecule has 2 rings (SSSR count). The van der Waals surface area contributed by atoms with Crippen molar-refractivity contribution in [1.29, 1.82) is 0 Å². The highest BCUT2D eigenvalue weighted by Crippen LogP contribution is 2.30. The number of carbonyl (C=O) groups excluding carboxylic acids is 2. The molecule has 1 heterocycles. The maximum absolute atomic E-state index is 12.0. The van der Waals surface area contributed by atoms with Crippen LogP contribution in [-0.2, 0) is 9.59 Å². The molecule has 24 heavy (non-hydrogen) atoms. The number of para-hydroxylation sites is 2. The van der Waals surface area contributed by atoms with Crippen LogP contribution in [0.1, 0.15) is 19.8 Å². The Labute approximate surface area is 155 Å². The summed E-state index contributed by atoms with van der Waals surface area (Å²) in [7, 11) is 0. The maximum atomic E-state index is 12.0. The van der Waals surface area contributed by atoms with Crippen LogP contribution in [-0.4, -0.2) is 31.4 Å². The summed E-state index contributed by atoms with van der Waals surface area (Å²) < 4.78 is 0. The first-order chi connectivity index (χ1) is 10.5. The Balaban J connectivity index is 0.00000264. The molecule has 136 valence electrons. The van der Waals surface area contributed by atoms with Gasteiger partial charge in [0.2, 0.25) is 11.8 Å². The largest absolute Gasteiger partial charge is 0.370 e. The third-order valence-electron chi connectivity index (χ3n) is 4.20. The summed E-state index contributed by atoms with van der Waals surface area (Å²) in [5.74, 6) is -0.580. The van der Waals surface area contributed by atoms with Crippen molar-refractivity contribution in [3.8, 4) is 0 Å². The van der Waals surface area contributed by atoms with E-state index < -0.39 is 0 Å². The summed E-state index contributed by atoms with van der Waals surface area (Å²) in [5.41, 5.74) is 12.7. The molecule has 5 N–H and O–H groups in total. The Bertz CT molecular complexity index is 549. The lowest BCUT2D eigenvalue weighted by Gasteiger charge is -2.33. The van der Waals surface area contributed by atoms with Gasteiger partial charge in [-0.2, -0.15) is 0 Å². The normalized spacial score (nSPS) is 15.7. The number of nitrogens with one attached hydrogen (secondary N) is 1. The molecule has 0 bridgehead atoms. The number of nitrogens with zero attached hydrogens (tertiary/aromatic N) is 1. The molecule has 1 aromatic rings. The molecule has 8 heteroatoms. The van der Waals surface area contributed by atoms with E-state index in [1.54, 1.807) is 6.92 Å². The zero-order chi connectivity index (χ0) is 16.1. The van der Waals surface area contributed by atoms with Gasteiger partial charge in [-0.15, -0.1) is 24.8 Å². The van der Waals surface area contributed by atoms with E-state index in [4.69, 9.17) is 11.5 Å². The monoisotopic (exact) mass is 376 g/mol. The molecule has 2 amide bonds. The van der Waals surface area contributed by atoms with Gasteiger partial charge in [-0.3, -0.25) is 9.59 Å². The number of nitrogens with two attached hydrogens (primary N) is 2. The molecule has 1 fully saturated rings. The van der Waals surface area contributed by atoms with E-state index in [9.17, 15) is 9.59 Å². The van der Waals surface area contributed by atoms with Gasteiger partial charge in [-0.05, 0) is 25.0 Å². The highest BCUT2D eigenvalue weighted by atomic mass is 35.5. The number of primary amides is 1. The van der Waals surface area contributed by atoms with Gasteiger partial charge in [0.1, 0.15) is 0 Å². The molecule has 0 saturated carbocycles. The fourth-order valence-electron chi connectivity index (χ4n) is 2.62. The summed E-state index contributed by atoms with van der Waals surface area (Å²) in [5, 5.41) is 2.94. The molecule has 1 aliphatic heterocycles. The van der Waals surface area contributed by atoms with Gasteiger partial charge in [0.05, 0.1) is 11.4 Å². The fraction of sp³-hybridized carbons (Fsp3) is 0.500. The second kappa shape index (κ2) is 10.4. The molecule has 0 aliphatic carbocycles. The van der Waals surface area contributed by atoms with Crippen LogP contribution >= 0.6 is 24.8 Å². The van der Waals surface area contributed by atoms with Gasteiger partial charge < -0.3 is 21.7 Å². The molecule has 0 spiro atoms. The number of carbonyl (C=O) groups is 2. The second-order valence-corrected chi connectivity index (χ2v) is 5.81. The Morgan fingerprint density at radius 1 is 1.25 bits per heavy atom. The van der Waals surface area contributed by atoms with E-state index in [2.05, 4.69) is 10.2 Å². The number of anilines is 2. The van der Waals surface area contributed by atoms with E-state index in [1.807, 2.05) is 24.3 Å². The molecule has 1 saturated heterocycles. The van der Waals surface area contributed by atoms with Gasteiger partial charge in [-0.25, -0.2) is 0 Å². The van der Waals surface area contributed by atoms with Crippen molar-refractivity contribution in [2.45, 2.75) is 19.8 Å². The predicted molar refractivity (Wildman–Crippen MR) is 102 cm³/mol. The fourth-order valence-corrected chi connectivity index (χ4v) is 2.62. The van der Waals surface area contributed by atoms with Crippen LogP contribution in [0.3, 0.4) is 0 Å². The Morgan fingerprint density at radius 3 is 2.38 bits per heavy atom. The zero-order valence-electron chi connectivity index (χ0n) is 13.7. The highest BCUT2D eigenvalue weighted by molar-refractivity contribution is 5.95. The maximum Gasteiger partial charge on any atom is 0.228 e. The Kier molecular flexibility index (Phi) is 9.73. The summed E-state index contributed by atoms with van der Waals surface area (Å²) >= 11 is 0. The SMILES string of the molecule is CC(CN)C(=O)Nc1ccccc1N1CCC(C(N)=O)CC1.Cl.Cl. The molecule has 6 nitrogen and oxygen atoms in total. The molecule has 1 aliphatic rings. The van der Waals surface area contributed by atoms with Crippen molar-refractivity contribution in [2.75, 3.05) is 29.9 Å². The lowest BCUT2D eigenvalue weighted by atomic mass is 9.96. The van der Waals surface area contributed by atoms with Crippen molar-refractivity contribution in [1.82, 2.24) is 0 Å². The molecule has 0 radical (unpaired) electrons. The van der Waals surface area contributed by atoms with Crippen LogP contribution in [0.15, 0.2) is 24.3 Å². The summed E-state index contributed by atoms with van der Waals surface area (Å²) in [6, 6.07) is 7.70. The van der Waals surface area contributed by atoms with E-state index >= 15 is 0 Å². The van der Waals surface area contributed by atoms with E-state index in [-0.39, 0.29) is 48.5 Å². The van der Waals surface area contributed by atoms with Gasteiger partial charge >= 0.3 is 0 Å². The summed E-state index contributed by atoms with van der Waals surface area (Å²) in [4.78, 5) is 25.5. The number of rotatable bonds is 5. The molecular formula is C16H26Cl2N4O2. The van der Waals surface area contributed by atoms with Crippen LogP contribution in [0.4, 0.5) is 11.4 Å². The first-order valence-electron chi connectivity index (χ1n) is 7.67. The smallest absolute Gasteiger partial charge is 0.228 e. The van der Waals surface area contributed by atoms with Crippen LogP contribution in [0.25, 0.3) is 0 Å². The van der Waals surface area contributed by atoms with Crippen molar-refractivity contribution >= 4 is 48.0 Å². The summed E-state index contributed by atoms with van der Waals surface area (Å²) in [6.45, 7) is 3.63. The first-order valence-corrected chi connectivity index (χ1v) is 7.67. The average Bonchev–Trinajstić information content (AvgIpc) is 2.54. The van der Waals surface area contributed by atoms with Crippen LogP contribution in [0, 0.1) is 11.8 Å². The molecular weight excluding hydrogens is 351 g/mol. The molecule has 1 aromatic carbocycles. The number of hydrogen-bond donors (Lipinski definition) is 3. The topological polar surface area (TPSA) is 101 Å². The third kappa shape index (κ3) is 5.54. The zero-order valence-corrected chi connectivity index (χ0v) is 15.4. The highest BCUT2D eigenvalue weighted by Gasteiger charge is 2.24. The average molecular weight is 377 g/mol. The first kappa shape index (κ1) is 22.5.